The van der Waals surface area contributed by atoms with Crippen LogP contribution in [0, 0.1) is 0 Å². The Balaban J connectivity index is 1.50. The molecule has 1 heterocycles. The van der Waals surface area contributed by atoms with Crippen molar-refractivity contribution in [1.82, 2.24) is 9.88 Å². The number of methoxy groups -OCH3 is 2. The first-order chi connectivity index (χ1) is 13.1. The summed E-state index contributed by atoms with van der Waals surface area (Å²) in [5.74, 6) is 1.49. The summed E-state index contributed by atoms with van der Waals surface area (Å²) in [6.45, 7) is 0.601. The Morgan fingerprint density at radius 1 is 1.04 bits per heavy atom. The van der Waals surface area contributed by atoms with Gasteiger partial charge >= 0.3 is 0 Å². The van der Waals surface area contributed by atoms with Gasteiger partial charge in [0.25, 0.3) is 0 Å². The Morgan fingerprint density at radius 2 is 1.81 bits per heavy atom. The average molecular weight is 366 g/mol. The maximum absolute atomic E-state index is 12.2. The van der Waals surface area contributed by atoms with E-state index in [9.17, 15) is 4.79 Å². The third-order valence-corrected chi connectivity index (χ3v) is 4.78. The Labute approximate surface area is 159 Å². The first-order valence-corrected chi connectivity index (χ1v) is 9.13. The molecular formula is C22H26N2O3. The minimum absolute atomic E-state index is 0.0726. The molecule has 5 heteroatoms. The molecule has 27 heavy (non-hydrogen) atoms. The molecule has 1 N–H and O–H groups in total. The normalized spacial score (nSPS) is 10.8. The summed E-state index contributed by atoms with van der Waals surface area (Å²) in [7, 11) is 5.28. The monoisotopic (exact) mass is 366 g/mol. The van der Waals surface area contributed by atoms with Gasteiger partial charge in [0, 0.05) is 37.1 Å². The number of aromatic nitrogens is 1. The third kappa shape index (κ3) is 4.42. The molecule has 3 aromatic rings. The van der Waals surface area contributed by atoms with Crippen LogP contribution >= 0.6 is 0 Å². The number of carbonyl (C=O) groups excluding carboxylic acids is 1. The summed E-state index contributed by atoms with van der Waals surface area (Å²) in [4.78, 5) is 12.2. The zero-order valence-corrected chi connectivity index (χ0v) is 16.1. The van der Waals surface area contributed by atoms with Crippen molar-refractivity contribution >= 4 is 16.8 Å². The van der Waals surface area contributed by atoms with E-state index in [0.717, 1.165) is 18.4 Å². The average Bonchev–Trinajstić information content (AvgIpc) is 3.02. The molecule has 0 radical (unpaired) electrons. The Kier molecular flexibility index (Phi) is 6.01. The van der Waals surface area contributed by atoms with E-state index in [4.69, 9.17) is 9.47 Å². The highest BCUT2D eigenvalue weighted by molar-refractivity contribution is 5.84. The molecule has 0 bridgehead atoms. The molecule has 2 aromatic carbocycles. The number of rotatable bonds is 8. The highest BCUT2D eigenvalue weighted by Crippen LogP contribution is 2.27. The van der Waals surface area contributed by atoms with Crippen LogP contribution in [-0.2, 0) is 24.7 Å². The van der Waals surface area contributed by atoms with Gasteiger partial charge in [0.15, 0.2) is 11.5 Å². The van der Waals surface area contributed by atoms with Gasteiger partial charge < -0.3 is 19.4 Å². The van der Waals surface area contributed by atoms with Gasteiger partial charge in [0.1, 0.15) is 0 Å². The fourth-order valence-corrected chi connectivity index (χ4v) is 3.34. The Morgan fingerprint density at radius 3 is 2.59 bits per heavy atom. The quantitative estimate of drug-likeness (QED) is 0.664. The van der Waals surface area contributed by atoms with Crippen LogP contribution in [-0.4, -0.2) is 31.2 Å². The largest absolute Gasteiger partial charge is 0.493 e. The number of ether oxygens (including phenoxy) is 2. The van der Waals surface area contributed by atoms with Crippen LogP contribution in [0.5, 0.6) is 11.5 Å². The van der Waals surface area contributed by atoms with Gasteiger partial charge in [-0.3, -0.25) is 4.79 Å². The van der Waals surface area contributed by atoms with Crippen LogP contribution in [0.2, 0.25) is 0 Å². The molecular weight excluding hydrogens is 340 g/mol. The number of aryl methyl sites for hydroxylation is 2. The highest BCUT2D eigenvalue weighted by atomic mass is 16.5. The summed E-state index contributed by atoms with van der Waals surface area (Å²) >= 11 is 0. The molecule has 0 saturated carbocycles. The number of hydrogen-bond donors (Lipinski definition) is 1. The summed E-state index contributed by atoms with van der Waals surface area (Å²) in [6.07, 6.45) is 4.09. The van der Waals surface area contributed by atoms with Crippen LogP contribution < -0.4 is 14.8 Å². The van der Waals surface area contributed by atoms with Crippen LogP contribution in [0.15, 0.2) is 48.7 Å². The molecule has 0 saturated heterocycles. The van der Waals surface area contributed by atoms with Gasteiger partial charge in [-0.1, -0.05) is 24.3 Å². The summed E-state index contributed by atoms with van der Waals surface area (Å²) in [6, 6.07) is 14.1. The standard InChI is InChI=1S/C22H26N2O3/c1-24-15-17(18-6-4-5-7-19(18)24)9-11-22(25)23-13-12-16-8-10-20(26-2)21(14-16)27-3/h4-8,10,14-15H,9,11-13H2,1-3H3,(H,23,25). The van der Waals surface area contributed by atoms with E-state index in [-0.39, 0.29) is 5.91 Å². The maximum Gasteiger partial charge on any atom is 0.220 e. The number of hydrogen-bond acceptors (Lipinski definition) is 3. The van der Waals surface area contributed by atoms with E-state index >= 15 is 0 Å². The topological polar surface area (TPSA) is 52.5 Å². The fourth-order valence-electron chi connectivity index (χ4n) is 3.34. The van der Waals surface area contributed by atoms with E-state index in [1.807, 2.05) is 37.4 Å². The SMILES string of the molecule is COc1ccc(CCNC(=O)CCc2cn(C)c3ccccc23)cc1OC. The van der Waals surface area contributed by atoms with Gasteiger partial charge in [-0.05, 0) is 42.2 Å². The molecule has 0 aliphatic rings. The van der Waals surface area contributed by atoms with Gasteiger partial charge in [-0.2, -0.15) is 0 Å². The number of nitrogens with zero attached hydrogens (tertiary/aromatic N) is 1. The molecule has 0 spiro atoms. The molecule has 1 amide bonds. The van der Waals surface area contributed by atoms with Crippen molar-refractivity contribution in [2.24, 2.45) is 7.05 Å². The maximum atomic E-state index is 12.2. The smallest absolute Gasteiger partial charge is 0.220 e. The van der Waals surface area contributed by atoms with Crippen LogP contribution in [0.25, 0.3) is 10.9 Å². The van der Waals surface area contributed by atoms with Crippen molar-refractivity contribution in [3.63, 3.8) is 0 Å². The predicted molar refractivity (Wildman–Crippen MR) is 107 cm³/mol. The first-order valence-electron chi connectivity index (χ1n) is 9.13. The van der Waals surface area contributed by atoms with Gasteiger partial charge in [-0.25, -0.2) is 0 Å². The number of carbonyl (C=O) groups is 1. The van der Waals surface area contributed by atoms with Gasteiger partial charge in [-0.15, -0.1) is 0 Å². The minimum Gasteiger partial charge on any atom is -0.493 e. The second kappa shape index (κ2) is 8.62. The Bertz CT molecular complexity index is 930. The molecule has 0 aliphatic heterocycles. The van der Waals surface area contributed by atoms with E-state index in [2.05, 4.69) is 28.2 Å². The summed E-state index contributed by atoms with van der Waals surface area (Å²) in [5.41, 5.74) is 3.51. The van der Waals surface area contributed by atoms with Crippen molar-refractivity contribution in [2.45, 2.75) is 19.3 Å². The fraction of sp³-hybridized carbons (Fsp3) is 0.318. The third-order valence-electron chi connectivity index (χ3n) is 4.78. The van der Waals surface area contributed by atoms with E-state index in [1.165, 1.54) is 16.5 Å². The lowest BCUT2D eigenvalue weighted by atomic mass is 10.1. The number of para-hydroxylation sites is 1. The molecule has 1 aromatic heterocycles. The van der Waals surface area contributed by atoms with Gasteiger partial charge in [0.05, 0.1) is 14.2 Å². The van der Waals surface area contributed by atoms with Gasteiger partial charge in [0.2, 0.25) is 5.91 Å². The molecule has 0 atom stereocenters. The molecule has 0 unspecified atom stereocenters. The van der Waals surface area contributed by atoms with E-state index < -0.39 is 0 Å². The second-order valence-electron chi connectivity index (χ2n) is 6.57. The molecule has 3 rings (SSSR count). The first kappa shape index (κ1) is 18.8. The minimum atomic E-state index is 0.0726. The molecule has 5 nitrogen and oxygen atoms in total. The van der Waals surface area contributed by atoms with E-state index in [1.54, 1.807) is 14.2 Å². The zero-order chi connectivity index (χ0) is 19.2. The zero-order valence-electron chi connectivity index (χ0n) is 16.1. The van der Waals surface area contributed by atoms with Crippen LogP contribution in [0.3, 0.4) is 0 Å². The van der Waals surface area contributed by atoms with Crippen molar-refractivity contribution < 1.29 is 14.3 Å². The lowest BCUT2D eigenvalue weighted by Crippen LogP contribution is -2.25. The van der Waals surface area contributed by atoms with Crippen LogP contribution in [0.1, 0.15) is 17.5 Å². The number of fused-ring (bicyclic) bond motifs is 1. The van der Waals surface area contributed by atoms with Crippen molar-refractivity contribution in [2.75, 3.05) is 20.8 Å². The number of benzene rings is 2. The summed E-state index contributed by atoms with van der Waals surface area (Å²) in [5, 5.41) is 4.23. The molecule has 0 aliphatic carbocycles. The Hall–Kier alpha value is -2.95. The highest BCUT2D eigenvalue weighted by Gasteiger charge is 2.09. The van der Waals surface area contributed by atoms with Crippen LogP contribution in [0.4, 0.5) is 0 Å². The second-order valence-corrected chi connectivity index (χ2v) is 6.57. The van der Waals surface area contributed by atoms with Crippen molar-refractivity contribution in [1.29, 1.82) is 0 Å². The summed E-state index contributed by atoms with van der Waals surface area (Å²) < 4.78 is 12.7. The van der Waals surface area contributed by atoms with Crippen molar-refractivity contribution in [3.8, 4) is 11.5 Å². The number of amides is 1. The van der Waals surface area contributed by atoms with E-state index in [0.29, 0.717) is 24.5 Å². The molecule has 142 valence electrons. The lowest BCUT2D eigenvalue weighted by Gasteiger charge is -2.10. The van der Waals surface area contributed by atoms with Crippen molar-refractivity contribution in [3.05, 3.63) is 59.8 Å². The molecule has 0 fully saturated rings. The predicted octanol–water partition coefficient (Wildman–Crippen LogP) is 3.49. The lowest BCUT2D eigenvalue weighted by molar-refractivity contribution is -0.121. The number of nitrogens with one attached hydrogen (secondary N) is 1.